The van der Waals surface area contributed by atoms with Crippen LogP contribution in [0.25, 0.3) is 11.0 Å². The van der Waals surface area contributed by atoms with Crippen molar-refractivity contribution in [1.82, 2.24) is 10.5 Å². The molecule has 7 heteroatoms. The largest absolute Gasteiger partial charge is 0.374 e. The van der Waals surface area contributed by atoms with Crippen molar-refractivity contribution in [2.45, 2.75) is 12.6 Å². The van der Waals surface area contributed by atoms with E-state index >= 15 is 0 Å². The van der Waals surface area contributed by atoms with Crippen LogP contribution in [0.2, 0.25) is 0 Å². The number of nitrogens with one attached hydrogen (secondary N) is 1. The molecule has 6 nitrogen and oxygen atoms in total. The van der Waals surface area contributed by atoms with Crippen LogP contribution in [0.4, 0.5) is 10.6 Å². The van der Waals surface area contributed by atoms with Crippen LogP contribution >= 0.6 is 15.9 Å². The summed E-state index contributed by atoms with van der Waals surface area (Å²) < 4.78 is 6.08. The predicted octanol–water partition coefficient (Wildman–Crippen LogP) is 1.83. The summed E-state index contributed by atoms with van der Waals surface area (Å²) in [5.74, 6) is 0.474. The molecular weight excluding hydrogens is 302 g/mol. The van der Waals surface area contributed by atoms with E-state index in [1.54, 1.807) is 6.07 Å². The zero-order valence-electron chi connectivity index (χ0n) is 9.26. The number of carbonyl (C=O) groups excluding carboxylic acids is 1. The average Bonchev–Trinajstić information content (AvgIpc) is 2.72. The first-order chi connectivity index (χ1) is 8.65. The quantitative estimate of drug-likeness (QED) is 0.842. The molecule has 2 N–H and O–H groups in total. The Labute approximate surface area is 111 Å². The summed E-state index contributed by atoms with van der Waals surface area (Å²) in [5, 5.41) is 16.5. The molecule has 18 heavy (non-hydrogen) atoms. The molecular formula is C11H10BrN3O3. The molecule has 1 unspecified atom stereocenters. The van der Waals surface area contributed by atoms with Crippen molar-refractivity contribution in [1.29, 1.82) is 0 Å². The Bertz CT molecular complexity index is 613. The molecule has 3 rings (SSSR count). The van der Waals surface area contributed by atoms with Crippen LogP contribution in [0.5, 0.6) is 0 Å². The molecule has 1 aliphatic rings. The van der Waals surface area contributed by atoms with E-state index < -0.39 is 6.23 Å². The van der Waals surface area contributed by atoms with E-state index in [2.05, 4.69) is 26.4 Å². The van der Waals surface area contributed by atoms with E-state index in [4.69, 9.17) is 4.52 Å². The topological polar surface area (TPSA) is 78.6 Å². The number of hydrogen-bond donors (Lipinski definition) is 2. The third-order valence-electron chi connectivity index (χ3n) is 2.83. The van der Waals surface area contributed by atoms with Gasteiger partial charge in [0.15, 0.2) is 11.4 Å². The molecule has 1 aromatic carbocycles. The number of aliphatic hydroxyl groups excluding tert-OH is 1. The minimum Gasteiger partial charge on any atom is -0.374 e. The van der Waals surface area contributed by atoms with Crippen LogP contribution in [0.1, 0.15) is 6.42 Å². The molecule has 1 fully saturated rings. The van der Waals surface area contributed by atoms with Gasteiger partial charge in [-0.2, -0.15) is 0 Å². The van der Waals surface area contributed by atoms with Crippen molar-refractivity contribution in [3.05, 3.63) is 22.7 Å². The fourth-order valence-electron chi connectivity index (χ4n) is 1.94. The number of amides is 2. The maximum Gasteiger partial charge on any atom is 0.325 e. The van der Waals surface area contributed by atoms with Gasteiger partial charge in [0.2, 0.25) is 0 Å². The number of carbonyl (C=O) groups is 1. The smallest absolute Gasteiger partial charge is 0.325 e. The van der Waals surface area contributed by atoms with E-state index in [0.29, 0.717) is 24.4 Å². The number of rotatable bonds is 1. The van der Waals surface area contributed by atoms with Gasteiger partial charge in [-0.3, -0.25) is 4.90 Å². The molecule has 1 atom stereocenters. The van der Waals surface area contributed by atoms with Crippen molar-refractivity contribution >= 4 is 38.7 Å². The van der Waals surface area contributed by atoms with Gasteiger partial charge >= 0.3 is 6.03 Å². The van der Waals surface area contributed by atoms with Crippen LogP contribution < -0.4 is 10.2 Å². The summed E-state index contributed by atoms with van der Waals surface area (Å²) in [7, 11) is 0. The van der Waals surface area contributed by atoms with Gasteiger partial charge in [0.25, 0.3) is 0 Å². The second-order valence-corrected chi connectivity index (χ2v) is 4.97. The second-order valence-electron chi connectivity index (χ2n) is 4.05. The van der Waals surface area contributed by atoms with Crippen LogP contribution in [-0.4, -0.2) is 29.1 Å². The van der Waals surface area contributed by atoms with Crippen LogP contribution in [-0.2, 0) is 0 Å². The second kappa shape index (κ2) is 4.25. The van der Waals surface area contributed by atoms with Crippen LogP contribution in [0.15, 0.2) is 27.2 Å². The number of aliphatic hydroxyl groups is 1. The Morgan fingerprint density at radius 2 is 2.39 bits per heavy atom. The van der Waals surface area contributed by atoms with Gasteiger partial charge in [-0.05, 0) is 18.2 Å². The minimum atomic E-state index is -0.791. The highest BCUT2D eigenvalue weighted by molar-refractivity contribution is 9.10. The monoisotopic (exact) mass is 311 g/mol. The van der Waals surface area contributed by atoms with Crippen molar-refractivity contribution in [2.24, 2.45) is 0 Å². The van der Waals surface area contributed by atoms with E-state index in [0.717, 1.165) is 9.86 Å². The normalized spacial score (nSPS) is 20.2. The molecule has 2 heterocycles. The van der Waals surface area contributed by atoms with Gasteiger partial charge in [0.1, 0.15) is 6.23 Å². The Morgan fingerprint density at radius 1 is 1.56 bits per heavy atom. The standard InChI is InChI=1S/C11H10BrN3O3/c12-6-1-2-7-8(5-6)18-14-10(7)15-4-3-9(16)13-11(15)17/h1-2,5,9,16H,3-4H2,(H,13,17). The number of halogens is 1. The highest BCUT2D eigenvalue weighted by Gasteiger charge is 2.28. The molecule has 2 amide bonds. The minimum absolute atomic E-state index is 0.369. The van der Waals surface area contributed by atoms with Gasteiger partial charge in [-0.1, -0.05) is 21.1 Å². The predicted molar refractivity (Wildman–Crippen MR) is 68.2 cm³/mol. The molecule has 0 spiro atoms. The fraction of sp³-hybridized carbons (Fsp3) is 0.273. The van der Waals surface area contributed by atoms with E-state index in [9.17, 15) is 9.90 Å². The first-order valence-electron chi connectivity index (χ1n) is 5.46. The number of benzene rings is 1. The molecule has 1 aliphatic heterocycles. The van der Waals surface area contributed by atoms with Gasteiger partial charge < -0.3 is 14.9 Å². The molecule has 0 saturated carbocycles. The summed E-state index contributed by atoms with van der Waals surface area (Å²) in [6.07, 6.45) is -0.336. The lowest BCUT2D eigenvalue weighted by molar-refractivity contribution is 0.125. The zero-order valence-corrected chi connectivity index (χ0v) is 10.8. The molecule has 1 saturated heterocycles. The number of anilines is 1. The van der Waals surface area contributed by atoms with Crippen LogP contribution in [0, 0.1) is 0 Å². The van der Waals surface area contributed by atoms with Crippen molar-refractivity contribution in [3.8, 4) is 0 Å². The maximum atomic E-state index is 11.8. The van der Waals surface area contributed by atoms with Gasteiger partial charge in [-0.25, -0.2) is 4.79 Å². The molecule has 2 aromatic rings. The first-order valence-corrected chi connectivity index (χ1v) is 6.25. The first kappa shape index (κ1) is 11.5. The molecule has 0 radical (unpaired) electrons. The summed E-state index contributed by atoms with van der Waals surface area (Å²) in [6, 6.07) is 5.12. The van der Waals surface area contributed by atoms with E-state index in [-0.39, 0.29) is 6.03 Å². The molecule has 1 aromatic heterocycles. The molecule has 0 bridgehead atoms. The lowest BCUT2D eigenvalue weighted by Gasteiger charge is -2.28. The van der Waals surface area contributed by atoms with Crippen LogP contribution in [0.3, 0.4) is 0 Å². The lowest BCUT2D eigenvalue weighted by atomic mass is 10.2. The average molecular weight is 312 g/mol. The maximum absolute atomic E-state index is 11.8. The third-order valence-corrected chi connectivity index (χ3v) is 3.33. The van der Waals surface area contributed by atoms with Crippen molar-refractivity contribution in [3.63, 3.8) is 0 Å². The Hall–Kier alpha value is -1.60. The number of urea groups is 1. The number of aromatic nitrogens is 1. The Morgan fingerprint density at radius 3 is 3.17 bits per heavy atom. The fourth-order valence-corrected chi connectivity index (χ4v) is 2.28. The number of hydrogen-bond acceptors (Lipinski definition) is 4. The Balaban J connectivity index is 2.02. The summed E-state index contributed by atoms with van der Waals surface area (Å²) in [4.78, 5) is 13.2. The van der Waals surface area contributed by atoms with E-state index in [1.165, 1.54) is 4.90 Å². The van der Waals surface area contributed by atoms with Crippen molar-refractivity contribution in [2.75, 3.05) is 11.4 Å². The number of fused-ring (bicyclic) bond motifs is 1. The highest BCUT2D eigenvalue weighted by Crippen LogP contribution is 2.29. The van der Waals surface area contributed by atoms with E-state index in [1.807, 2.05) is 12.1 Å². The Kier molecular flexibility index (Phi) is 2.71. The summed E-state index contributed by atoms with van der Waals surface area (Å²) in [5.41, 5.74) is 0.610. The van der Waals surface area contributed by atoms with Crippen molar-refractivity contribution < 1.29 is 14.4 Å². The van der Waals surface area contributed by atoms with Gasteiger partial charge in [0, 0.05) is 17.4 Å². The van der Waals surface area contributed by atoms with Gasteiger partial charge in [-0.15, -0.1) is 0 Å². The lowest BCUT2D eigenvalue weighted by Crippen LogP contribution is -2.52. The SMILES string of the molecule is O=C1NC(O)CCN1c1noc2cc(Br)ccc12. The summed E-state index contributed by atoms with van der Waals surface area (Å²) in [6.45, 7) is 0.407. The molecule has 0 aliphatic carbocycles. The third kappa shape index (κ3) is 1.85. The van der Waals surface area contributed by atoms with Gasteiger partial charge in [0.05, 0.1) is 5.39 Å². The zero-order chi connectivity index (χ0) is 12.7. The summed E-state index contributed by atoms with van der Waals surface area (Å²) >= 11 is 3.34. The molecule has 94 valence electrons. The highest BCUT2D eigenvalue weighted by atomic mass is 79.9. The number of nitrogens with zero attached hydrogens (tertiary/aromatic N) is 2.